The zero-order valence-electron chi connectivity index (χ0n) is 16.8. The summed E-state index contributed by atoms with van der Waals surface area (Å²) in [6, 6.07) is 6.59. The quantitative estimate of drug-likeness (QED) is 0.216. The number of aromatic hydroxyl groups is 9. The molecule has 0 aromatic heterocycles. The van der Waals surface area contributed by atoms with Gasteiger partial charge in [-0.2, -0.15) is 0 Å². The molecule has 31 heavy (non-hydrogen) atoms. The van der Waals surface area contributed by atoms with Crippen molar-refractivity contribution in [2.24, 2.45) is 0 Å². The van der Waals surface area contributed by atoms with Gasteiger partial charge in [0.2, 0.25) is 17.2 Å². The standard InChI is InChI=1S/C22H22O9/c1-22(2,3)9-6-4-8(5-7-9)10-13(23)15(25)11(16(26)14(10)24)12-17(27)19(29)21(31)20(30)18(12)28/h4-7,23-31H,1-3H3. The van der Waals surface area contributed by atoms with E-state index >= 15 is 0 Å². The molecule has 0 aliphatic rings. The summed E-state index contributed by atoms with van der Waals surface area (Å²) < 4.78 is 0. The molecule has 0 spiro atoms. The van der Waals surface area contributed by atoms with Crippen LogP contribution in [0.2, 0.25) is 0 Å². The maximum Gasteiger partial charge on any atom is 0.208 e. The summed E-state index contributed by atoms with van der Waals surface area (Å²) in [6.07, 6.45) is 0. The minimum Gasteiger partial charge on any atom is -0.504 e. The molecular weight excluding hydrogens is 408 g/mol. The molecule has 3 rings (SSSR count). The summed E-state index contributed by atoms with van der Waals surface area (Å²) in [5.41, 5.74) is -1.12. The van der Waals surface area contributed by atoms with Gasteiger partial charge in [-0.05, 0) is 16.5 Å². The predicted octanol–water partition coefficient (Wildman–Crippen LogP) is 3.67. The second-order valence-electron chi connectivity index (χ2n) is 8.09. The second kappa shape index (κ2) is 6.98. The van der Waals surface area contributed by atoms with E-state index in [1.807, 2.05) is 20.8 Å². The van der Waals surface area contributed by atoms with Crippen molar-refractivity contribution in [3.8, 4) is 74.0 Å². The number of phenolic OH excluding ortho intramolecular Hbond substituents is 9. The first-order valence-corrected chi connectivity index (χ1v) is 9.08. The summed E-state index contributed by atoms with van der Waals surface area (Å²) in [5, 5.41) is 91.3. The average Bonchev–Trinajstić information content (AvgIpc) is 2.71. The Balaban J connectivity index is 2.31. The number of hydrogen-bond acceptors (Lipinski definition) is 9. The number of hydrogen-bond donors (Lipinski definition) is 9. The van der Waals surface area contributed by atoms with Crippen LogP contribution in [0, 0.1) is 0 Å². The van der Waals surface area contributed by atoms with Gasteiger partial charge < -0.3 is 46.0 Å². The molecule has 0 fully saturated rings. The van der Waals surface area contributed by atoms with Crippen molar-refractivity contribution in [1.82, 2.24) is 0 Å². The molecule has 0 atom stereocenters. The van der Waals surface area contributed by atoms with E-state index in [2.05, 4.69) is 0 Å². The number of phenols is 9. The zero-order valence-corrected chi connectivity index (χ0v) is 16.8. The van der Waals surface area contributed by atoms with Crippen LogP contribution in [0.5, 0.6) is 51.7 Å². The minimum absolute atomic E-state index is 0.172. The Bertz CT molecular complexity index is 1130. The van der Waals surface area contributed by atoms with Gasteiger partial charge in [-0.3, -0.25) is 0 Å². The van der Waals surface area contributed by atoms with Crippen molar-refractivity contribution in [3.63, 3.8) is 0 Å². The van der Waals surface area contributed by atoms with Crippen LogP contribution in [-0.4, -0.2) is 46.0 Å². The minimum atomic E-state index is -1.26. The van der Waals surface area contributed by atoms with Crippen LogP contribution in [0.15, 0.2) is 24.3 Å². The molecular formula is C22H22O9. The number of rotatable bonds is 2. The van der Waals surface area contributed by atoms with Crippen LogP contribution in [0.25, 0.3) is 22.3 Å². The highest BCUT2D eigenvalue weighted by Gasteiger charge is 2.32. The maximum absolute atomic E-state index is 10.5. The van der Waals surface area contributed by atoms with E-state index in [4.69, 9.17) is 0 Å². The van der Waals surface area contributed by atoms with Crippen LogP contribution in [0.3, 0.4) is 0 Å². The Kier molecular flexibility index (Phi) is 4.85. The largest absolute Gasteiger partial charge is 0.504 e. The molecule has 0 radical (unpaired) electrons. The molecule has 9 N–H and O–H groups in total. The Hall–Kier alpha value is -4.14. The van der Waals surface area contributed by atoms with Crippen molar-refractivity contribution in [1.29, 1.82) is 0 Å². The van der Waals surface area contributed by atoms with Crippen LogP contribution in [-0.2, 0) is 5.41 Å². The topological polar surface area (TPSA) is 182 Å². The van der Waals surface area contributed by atoms with Gasteiger partial charge in [-0.15, -0.1) is 0 Å². The Labute approximate surface area is 176 Å². The molecule has 0 heterocycles. The molecule has 9 heteroatoms. The van der Waals surface area contributed by atoms with Crippen LogP contribution in [0.1, 0.15) is 26.3 Å². The van der Waals surface area contributed by atoms with Gasteiger partial charge in [0.05, 0.1) is 16.7 Å². The van der Waals surface area contributed by atoms with E-state index in [1.165, 1.54) is 0 Å². The molecule has 0 bridgehead atoms. The highest BCUT2D eigenvalue weighted by atomic mass is 16.4. The Morgan fingerprint density at radius 2 is 0.710 bits per heavy atom. The van der Waals surface area contributed by atoms with Gasteiger partial charge >= 0.3 is 0 Å². The lowest BCUT2D eigenvalue weighted by Gasteiger charge is -2.20. The summed E-state index contributed by atoms with van der Waals surface area (Å²) >= 11 is 0. The molecule has 0 aliphatic heterocycles. The third kappa shape index (κ3) is 3.20. The lowest BCUT2D eigenvalue weighted by Crippen LogP contribution is -2.10. The highest BCUT2D eigenvalue weighted by molar-refractivity contribution is 5.97. The van der Waals surface area contributed by atoms with E-state index in [9.17, 15) is 46.0 Å². The normalized spacial score (nSPS) is 11.6. The van der Waals surface area contributed by atoms with Gasteiger partial charge in [-0.25, -0.2) is 0 Å². The predicted molar refractivity (Wildman–Crippen MR) is 111 cm³/mol. The highest BCUT2D eigenvalue weighted by Crippen LogP contribution is 2.62. The molecule has 0 saturated heterocycles. The lowest BCUT2D eigenvalue weighted by atomic mass is 9.86. The maximum atomic E-state index is 10.5. The second-order valence-corrected chi connectivity index (χ2v) is 8.09. The average molecular weight is 430 g/mol. The summed E-state index contributed by atoms with van der Waals surface area (Å²) in [7, 11) is 0. The van der Waals surface area contributed by atoms with Crippen LogP contribution < -0.4 is 0 Å². The number of benzene rings is 3. The van der Waals surface area contributed by atoms with Crippen molar-refractivity contribution in [2.75, 3.05) is 0 Å². The van der Waals surface area contributed by atoms with Crippen molar-refractivity contribution < 1.29 is 46.0 Å². The van der Waals surface area contributed by atoms with Gasteiger partial charge in [0, 0.05) is 0 Å². The van der Waals surface area contributed by atoms with Gasteiger partial charge in [-0.1, -0.05) is 45.0 Å². The third-order valence-electron chi connectivity index (χ3n) is 5.06. The van der Waals surface area contributed by atoms with Crippen molar-refractivity contribution in [2.45, 2.75) is 26.2 Å². The fourth-order valence-corrected chi connectivity index (χ4v) is 3.27. The first kappa shape index (κ1) is 21.6. The summed E-state index contributed by atoms with van der Waals surface area (Å²) in [6.45, 7) is 5.97. The van der Waals surface area contributed by atoms with Crippen LogP contribution >= 0.6 is 0 Å². The van der Waals surface area contributed by atoms with E-state index < -0.39 is 62.9 Å². The Morgan fingerprint density at radius 3 is 1.06 bits per heavy atom. The van der Waals surface area contributed by atoms with Crippen molar-refractivity contribution in [3.05, 3.63) is 29.8 Å². The lowest BCUT2D eigenvalue weighted by molar-refractivity contribution is 0.329. The molecule has 0 aliphatic carbocycles. The van der Waals surface area contributed by atoms with Gasteiger partial charge in [0.15, 0.2) is 34.5 Å². The van der Waals surface area contributed by atoms with Crippen molar-refractivity contribution >= 4 is 0 Å². The van der Waals surface area contributed by atoms with E-state index in [1.54, 1.807) is 24.3 Å². The zero-order chi connectivity index (χ0) is 23.4. The first-order chi connectivity index (χ1) is 14.3. The van der Waals surface area contributed by atoms with Gasteiger partial charge in [0.25, 0.3) is 0 Å². The fraction of sp³-hybridized carbons (Fsp3) is 0.182. The smallest absolute Gasteiger partial charge is 0.208 e. The summed E-state index contributed by atoms with van der Waals surface area (Å²) in [5.74, 6) is -10.2. The molecule has 3 aromatic rings. The van der Waals surface area contributed by atoms with Crippen LogP contribution in [0.4, 0.5) is 0 Å². The molecule has 164 valence electrons. The van der Waals surface area contributed by atoms with E-state index in [0.29, 0.717) is 0 Å². The van der Waals surface area contributed by atoms with E-state index in [0.717, 1.165) is 5.56 Å². The third-order valence-corrected chi connectivity index (χ3v) is 5.06. The molecule has 0 unspecified atom stereocenters. The molecule has 0 amide bonds. The fourth-order valence-electron chi connectivity index (χ4n) is 3.27. The van der Waals surface area contributed by atoms with Gasteiger partial charge in [0.1, 0.15) is 0 Å². The summed E-state index contributed by atoms with van der Waals surface area (Å²) in [4.78, 5) is 0. The Morgan fingerprint density at radius 1 is 0.419 bits per heavy atom. The van der Waals surface area contributed by atoms with E-state index in [-0.39, 0.29) is 16.5 Å². The first-order valence-electron chi connectivity index (χ1n) is 9.08. The molecule has 3 aromatic carbocycles. The molecule has 0 saturated carbocycles. The molecule has 9 nitrogen and oxygen atoms in total. The monoisotopic (exact) mass is 430 g/mol. The SMILES string of the molecule is CC(C)(C)c1ccc(-c2c(O)c(O)c(-c3c(O)c(O)c(O)c(O)c3O)c(O)c2O)cc1.